The van der Waals surface area contributed by atoms with Crippen LogP contribution in [0.4, 0.5) is 0 Å². The molecular weight excluding hydrogens is 182 g/mol. The highest BCUT2D eigenvalue weighted by atomic mass is 15.0. The lowest BCUT2D eigenvalue weighted by Crippen LogP contribution is -2.40. The van der Waals surface area contributed by atoms with E-state index in [-0.39, 0.29) is 0 Å². The standard InChI is InChI=1S/C14H29N/c1-4-5-6-7-9-14(12-13(2)3)10-8-11-15-14/h13,15H,4-12H2,1-3H3. The van der Waals surface area contributed by atoms with Crippen molar-refractivity contribution in [2.75, 3.05) is 6.54 Å². The first-order valence-electron chi connectivity index (χ1n) is 6.93. The van der Waals surface area contributed by atoms with Crippen molar-refractivity contribution in [3.05, 3.63) is 0 Å². The van der Waals surface area contributed by atoms with Crippen molar-refractivity contribution in [1.29, 1.82) is 0 Å². The van der Waals surface area contributed by atoms with Crippen LogP contribution in [0.2, 0.25) is 0 Å². The molecule has 0 saturated carbocycles. The Bertz CT molecular complexity index is 157. The average Bonchev–Trinajstić information content (AvgIpc) is 2.61. The van der Waals surface area contributed by atoms with E-state index in [1.165, 1.54) is 57.9 Å². The Hall–Kier alpha value is -0.0400. The second kappa shape index (κ2) is 6.52. The minimum absolute atomic E-state index is 0.516. The van der Waals surface area contributed by atoms with Gasteiger partial charge in [0, 0.05) is 5.54 Å². The van der Waals surface area contributed by atoms with E-state index in [4.69, 9.17) is 0 Å². The van der Waals surface area contributed by atoms with Gasteiger partial charge in [0.2, 0.25) is 0 Å². The molecule has 1 aliphatic rings. The van der Waals surface area contributed by atoms with Gasteiger partial charge in [0.05, 0.1) is 0 Å². The highest BCUT2D eigenvalue weighted by molar-refractivity contribution is 4.93. The summed E-state index contributed by atoms with van der Waals surface area (Å²) in [5, 5.41) is 3.78. The second-order valence-corrected chi connectivity index (χ2v) is 5.72. The van der Waals surface area contributed by atoms with Gasteiger partial charge >= 0.3 is 0 Å². The highest BCUT2D eigenvalue weighted by Crippen LogP contribution is 2.31. The van der Waals surface area contributed by atoms with Crippen molar-refractivity contribution in [1.82, 2.24) is 5.32 Å². The molecule has 15 heavy (non-hydrogen) atoms. The zero-order valence-corrected chi connectivity index (χ0v) is 10.9. The lowest BCUT2D eigenvalue weighted by molar-refractivity contribution is 0.275. The first-order valence-corrected chi connectivity index (χ1v) is 6.93. The molecule has 1 nitrogen and oxygen atoms in total. The van der Waals surface area contributed by atoms with Crippen LogP contribution in [-0.2, 0) is 0 Å². The lowest BCUT2D eigenvalue weighted by atomic mass is 9.83. The zero-order valence-electron chi connectivity index (χ0n) is 10.9. The van der Waals surface area contributed by atoms with Crippen LogP contribution in [0, 0.1) is 5.92 Å². The summed E-state index contributed by atoms with van der Waals surface area (Å²) >= 11 is 0. The minimum atomic E-state index is 0.516. The summed E-state index contributed by atoms with van der Waals surface area (Å²) in [6.45, 7) is 8.25. The van der Waals surface area contributed by atoms with E-state index in [0.29, 0.717) is 5.54 Å². The molecule has 0 aromatic carbocycles. The quantitative estimate of drug-likeness (QED) is 0.624. The predicted molar refractivity (Wildman–Crippen MR) is 68.2 cm³/mol. The van der Waals surface area contributed by atoms with Crippen LogP contribution < -0.4 is 5.32 Å². The van der Waals surface area contributed by atoms with Crippen LogP contribution in [0.1, 0.15) is 72.1 Å². The maximum absolute atomic E-state index is 3.78. The summed E-state index contributed by atoms with van der Waals surface area (Å²) in [5.41, 5.74) is 0.516. The maximum atomic E-state index is 3.78. The molecule has 0 radical (unpaired) electrons. The monoisotopic (exact) mass is 211 g/mol. The van der Waals surface area contributed by atoms with Crippen LogP contribution in [-0.4, -0.2) is 12.1 Å². The molecule has 1 N–H and O–H groups in total. The smallest absolute Gasteiger partial charge is 0.0184 e. The largest absolute Gasteiger partial charge is 0.311 e. The van der Waals surface area contributed by atoms with E-state index in [0.717, 1.165) is 5.92 Å². The summed E-state index contributed by atoms with van der Waals surface area (Å²) < 4.78 is 0. The normalized spacial score (nSPS) is 26.4. The third-order valence-corrected chi connectivity index (χ3v) is 3.64. The van der Waals surface area contributed by atoms with Gasteiger partial charge in [-0.25, -0.2) is 0 Å². The van der Waals surface area contributed by atoms with Crippen molar-refractivity contribution in [3.63, 3.8) is 0 Å². The van der Waals surface area contributed by atoms with Gasteiger partial charge in [-0.1, -0.05) is 46.5 Å². The van der Waals surface area contributed by atoms with E-state index >= 15 is 0 Å². The summed E-state index contributed by atoms with van der Waals surface area (Å²) in [7, 11) is 0. The first kappa shape index (κ1) is 13.0. The number of hydrogen-bond donors (Lipinski definition) is 1. The van der Waals surface area contributed by atoms with Crippen molar-refractivity contribution in [2.45, 2.75) is 77.7 Å². The molecule has 1 aliphatic heterocycles. The van der Waals surface area contributed by atoms with Gasteiger partial charge in [0.15, 0.2) is 0 Å². The number of rotatable bonds is 7. The first-order chi connectivity index (χ1) is 7.18. The second-order valence-electron chi connectivity index (χ2n) is 5.72. The molecule has 1 atom stereocenters. The maximum Gasteiger partial charge on any atom is 0.0184 e. The van der Waals surface area contributed by atoms with Crippen LogP contribution in [0.25, 0.3) is 0 Å². The van der Waals surface area contributed by atoms with Crippen molar-refractivity contribution >= 4 is 0 Å². The van der Waals surface area contributed by atoms with Gasteiger partial charge in [-0.3, -0.25) is 0 Å². The van der Waals surface area contributed by atoms with E-state index < -0.39 is 0 Å². The van der Waals surface area contributed by atoms with Gasteiger partial charge in [-0.15, -0.1) is 0 Å². The Labute approximate surface area is 96.0 Å². The summed E-state index contributed by atoms with van der Waals surface area (Å²) in [4.78, 5) is 0. The van der Waals surface area contributed by atoms with Crippen molar-refractivity contribution in [3.8, 4) is 0 Å². The Morgan fingerprint density at radius 3 is 2.53 bits per heavy atom. The minimum Gasteiger partial charge on any atom is -0.311 e. The molecule has 0 aromatic rings. The molecule has 0 aromatic heterocycles. The van der Waals surface area contributed by atoms with Crippen LogP contribution >= 0.6 is 0 Å². The van der Waals surface area contributed by atoms with Crippen molar-refractivity contribution in [2.24, 2.45) is 5.92 Å². The van der Waals surface area contributed by atoms with Crippen molar-refractivity contribution < 1.29 is 0 Å². The highest BCUT2D eigenvalue weighted by Gasteiger charge is 2.32. The Kier molecular flexibility index (Phi) is 5.66. The van der Waals surface area contributed by atoms with E-state index in [1.54, 1.807) is 0 Å². The molecule has 0 spiro atoms. The molecule has 1 fully saturated rings. The van der Waals surface area contributed by atoms with Crippen LogP contribution in [0.5, 0.6) is 0 Å². The van der Waals surface area contributed by atoms with E-state index in [2.05, 4.69) is 26.1 Å². The third kappa shape index (κ3) is 4.55. The Morgan fingerprint density at radius 2 is 2.00 bits per heavy atom. The topological polar surface area (TPSA) is 12.0 Å². The summed E-state index contributed by atoms with van der Waals surface area (Å²) in [5.74, 6) is 0.835. The fourth-order valence-electron chi connectivity index (χ4n) is 3.03. The molecule has 0 amide bonds. The zero-order chi connectivity index (χ0) is 11.1. The number of nitrogens with one attached hydrogen (secondary N) is 1. The average molecular weight is 211 g/mol. The predicted octanol–water partition coefficient (Wildman–Crippen LogP) is 4.13. The molecule has 1 saturated heterocycles. The van der Waals surface area contributed by atoms with Crippen LogP contribution in [0.15, 0.2) is 0 Å². The summed E-state index contributed by atoms with van der Waals surface area (Å²) in [6.07, 6.45) is 11.2. The molecule has 0 aliphatic carbocycles. The van der Waals surface area contributed by atoms with Crippen LogP contribution in [0.3, 0.4) is 0 Å². The molecule has 1 heteroatoms. The fraction of sp³-hybridized carbons (Fsp3) is 1.00. The molecular formula is C14H29N. The van der Waals surface area contributed by atoms with E-state index in [1.807, 2.05) is 0 Å². The molecule has 1 heterocycles. The number of unbranched alkanes of at least 4 members (excludes halogenated alkanes) is 3. The van der Waals surface area contributed by atoms with E-state index in [9.17, 15) is 0 Å². The van der Waals surface area contributed by atoms with Gasteiger partial charge in [-0.2, -0.15) is 0 Å². The fourth-order valence-corrected chi connectivity index (χ4v) is 3.03. The molecule has 1 rings (SSSR count). The van der Waals surface area contributed by atoms with Gasteiger partial charge in [-0.05, 0) is 38.1 Å². The summed E-state index contributed by atoms with van der Waals surface area (Å²) in [6, 6.07) is 0. The SMILES string of the molecule is CCCCCCC1(CC(C)C)CCCN1. The number of hydrogen-bond acceptors (Lipinski definition) is 1. The third-order valence-electron chi connectivity index (χ3n) is 3.64. The Balaban J connectivity index is 2.29. The molecule has 90 valence electrons. The van der Waals surface area contributed by atoms with Gasteiger partial charge < -0.3 is 5.32 Å². The molecule has 0 bridgehead atoms. The van der Waals surface area contributed by atoms with Gasteiger partial charge in [0.1, 0.15) is 0 Å². The van der Waals surface area contributed by atoms with Gasteiger partial charge in [0.25, 0.3) is 0 Å². The Morgan fingerprint density at radius 1 is 1.20 bits per heavy atom. The lowest BCUT2D eigenvalue weighted by Gasteiger charge is -2.31. The molecule has 1 unspecified atom stereocenters.